The minimum Gasteiger partial charge on any atom is -0.488 e. The lowest BCUT2D eigenvalue weighted by Crippen LogP contribution is -2.31. The molecule has 4 heteroatoms. The SMILES string of the molecule is CCC(C)NC(=O)c1ccc(OC(C)C)c(F)c1. The van der Waals surface area contributed by atoms with Crippen molar-refractivity contribution in [1.29, 1.82) is 0 Å². The minimum absolute atomic E-state index is 0.0761. The number of ether oxygens (including phenoxy) is 1. The van der Waals surface area contributed by atoms with Gasteiger partial charge in [0.15, 0.2) is 11.6 Å². The average Bonchev–Trinajstić information content (AvgIpc) is 2.30. The van der Waals surface area contributed by atoms with Crippen LogP contribution >= 0.6 is 0 Å². The topological polar surface area (TPSA) is 38.3 Å². The lowest BCUT2D eigenvalue weighted by atomic mass is 10.1. The molecule has 0 saturated carbocycles. The number of rotatable bonds is 5. The maximum absolute atomic E-state index is 13.7. The first-order valence-corrected chi connectivity index (χ1v) is 6.21. The number of hydrogen-bond donors (Lipinski definition) is 1. The lowest BCUT2D eigenvalue weighted by Gasteiger charge is -2.13. The van der Waals surface area contributed by atoms with Gasteiger partial charge in [-0.1, -0.05) is 6.92 Å². The first-order valence-electron chi connectivity index (χ1n) is 6.21. The van der Waals surface area contributed by atoms with Crippen molar-refractivity contribution in [2.75, 3.05) is 0 Å². The van der Waals surface area contributed by atoms with E-state index in [9.17, 15) is 9.18 Å². The van der Waals surface area contributed by atoms with E-state index < -0.39 is 5.82 Å². The van der Waals surface area contributed by atoms with E-state index in [1.165, 1.54) is 12.1 Å². The number of hydrogen-bond acceptors (Lipinski definition) is 2. The summed E-state index contributed by atoms with van der Waals surface area (Å²) in [6.07, 6.45) is 0.738. The molecule has 0 bridgehead atoms. The van der Waals surface area contributed by atoms with Crippen molar-refractivity contribution in [3.8, 4) is 5.75 Å². The number of halogens is 1. The summed E-state index contributed by atoms with van der Waals surface area (Å²) < 4.78 is 19.0. The highest BCUT2D eigenvalue weighted by Crippen LogP contribution is 2.19. The van der Waals surface area contributed by atoms with Gasteiger partial charge in [0, 0.05) is 11.6 Å². The molecule has 1 rings (SSSR count). The minimum atomic E-state index is -0.513. The van der Waals surface area contributed by atoms with Crippen LogP contribution in [-0.4, -0.2) is 18.1 Å². The molecule has 1 unspecified atom stereocenters. The molecule has 100 valence electrons. The zero-order valence-corrected chi connectivity index (χ0v) is 11.3. The Kier molecular flexibility index (Phi) is 5.13. The van der Waals surface area contributed by atoms with E-state index in [4.69, 9.17) is 4.74 Å². The van der Waals surface area contributed by atoms with Crippen molar-refractivity contribution in [3.63, 3.8) is 0 Å². The molecule has 1 amide bonds. The third-order valence-electron chi connectivity index (χ3n) is 2.55. The second kappa shape index (κ2) is 6.38. The van der Waals surface area contributed by atoms with Crippen molar-refractivity contribution in [2.24, 2.45) is 0 Å². The van der Waals surface area contributed by atoms with Gasteiger partial charge < -0.3 is 10.1 Å². The normalized spacial score (nSPS) is 12.3. The van der Waals surface area contributed by atoms with Crippen LogP contribution in [0, 0.1) is 5.82 Å². The van der Waals surface area contributed by atoms with Gasteiger partial charge in [-0.3, -0.25) is 4.79 Å². The summed E-state index contributed by atoms with van der Waals surface area (Å²) in [5.41, 5.74) is 0.309. The summed E-state index contributed by atoms with van der Waals surface area (Å²) in [6.45, 7) is 7.53. The van der Waals surface area contributed by atoms with Gasteiger partial charge in [0.25, 0.3) is 5.91 Å². The molecular weight excluding hydrogens is 233 g/mol. The highest BCUT2D eigenvalue weighted by atomic mass is 19.1. The predicted molar refractivity (Wildman–Crippen MR) is 69.4 cm³/mol. The van der Waals surface area contributed by atoms with E-state index in [1.54, 1.807) is 6.07 Å². The van der Waals surface area contributed by atoms with E-state index in [-0.39, 0.29) is 23.8 Å². The summed E-state index contributed by atoms with van der Waals surface area (Å²) in [7, 11) is 0. The van der Waals surface area contributed by atoms with Crippen LogP contribution in [0.5, 0.6) is 5.75 Å². The third-order valence-corrected chi connectivity index (χ3v) is 2.55. The number of amides is 1. The molecule has 1 aromatic carbocycles. The lowest BCUT2D eigenvalue weighted by molar-refractivity contribution is 0.0938. The molecule has 0 aliphatic rings. The molecule has 0 fully saturated rings. The van der Waals surface area contributed by atoms with Crippen LogP contribution in [0.2, 0.25) is 0 Å². The van der Waals surface area contributed by atoms with Crippen molar-refractivity contribution in [1.82, 2.24) is 5.32 Å². The van der Waals surface area contributed by atoms with Crippen LogP contribution in [0.1, 0.15) is 44.5 Å². The quantitative estimate of drug-likeness (QED) is 0.875. The summed E-state index contributed by atoms with van der Waals surface area (Å²) >= 11 is 0. The molecule has 0 aromatic heterocycles. The van der Waals surface area contributed by atoms with Gasteiger partial charge in [0.05, 0.1) is 6.10 Å². The first kappa shape index (κ1) is 14.5. The second-order valence-electron chi connectivity index (χ2n) is 4.59. The molecule has 3 nitrogen and oxygen atoms in total. The Hall–Kier alpha value is -1.58. The Morgan fingerprint density at radius 1 is 1.39 bits per heavy atom. The van der Waals surface area contributed by atoms with Crippen molar-refractivity contribution in [2.45, 2.75) is 46.3 Å². The van der Waals surface area contributed by atoms with Gasteiger partial charge in [0.1, 0.15) is 0 Å². The molecule has 0 aliphatic heterocycles. The predicted octanol–water partition coefficient (Wildman–Crippen LogP) is 3.14. The zero-order chi connectivity index (χ0) is 13.7. The summed E-state index contributed by atoms with van der Waals surface area (Å²) in [4.78, 5) is 11.8. The molecule has 0 aliphatic carbocycles. The Labute approximate surface area is 107 Å². The summed E-state index contributed by atoms with van der Waals surface area (Å²) in [5, 5.41) is 2.79. The molecule has 1 atom stereocenters. The van der Waals surface area contributed by atoms with Gasteiger partial charge >= 0.3 is 0 Å². The summed E-state index contributed by atoms with van der Waals surface area (Å²) in [5.74, 6) is -0.607. The van der Waals surface area contributed by atoms with Gasteiger partial charge in [-0.25, -0.2) is 4.39 Å². The molecular formula is C14H20FNO2. The van der Waals surface area contributed by atoms with Gasteiger partial charge in [-0.2, -0.15) is 0 Å². The highest BCUT2D eigenvalue weighted by molar-refractivity contribution is 5.94. The van der Waals surface area contributed by atoms with Crippen molar-refractivity contribution in [3.05, 3.63) is 29.6 Å². The Balaban J connectivity index is 2.80. The van der Waals surface area contributed by atoms with E-state index >= 15 is 0 Å². The maximum Gasteiger partial charge on any atom is 0.251 e. The smallest absolute Gasteiger partial charge is 0.251 e. The fourth-order valence-electron chi connectivity index (χ4n) is 1.40. The summed E-state index contributed by atoms with van der Waals surface area (Å²) in [6, 6.07) is 4.33. The van der Waals surface area contributed by atoms with Gasteiger partial charge in [0.2, 0.25) is 0 Å². The molecule has 1 N–H and O–H groups in total. The van der Waals surface area contributed by atoms with Crippen molar-refractivity contribution < 1.29 is 13.9 Å². The van der Waals surface area contributed by atoms with Crippen LogP contribution in [0.3, 0.4) is 0 Å². The Bertz CT molecular complexity index is 418. The molecule has 0 saturated heterocycles. The van der Waals surface area contributed by atoms with E-state index in [0.717, 1.165) is 6.42 Å². The molecule has 18 heavy (non-hydrogen) atoms. The first-order chi connectivity index (χ1) is 8.43. The number of nitrogens with one attached hydrogen (secondary N) is 1. The average molecular weight is 253 g/mol. The molecule has 1 aromatic rings. The van der Waals surface area contributed by atoms with E-state index in [1.807, 2.05) is 27.7 Å². The highest BCUT2D eigenvalue weighted by Gasteiger charge is 2.12. The van der Waals surface area contributed by atoms with E-state index in [2.05, 4.69) is 5.32 Å². The molecule has 0 radical (unpaired) electrons. The fourth-order valence-corrected chi connectivity index (χ4v) is 1.40. The second-order valence-corrected chi connectivity index (χ2v) is 4.59. The maximum atomic E-state index is 13.7. The zero-order valence-electron chi connectivity index (χ0n) is 11.3. The Morgan fingerprint density at radius 3 is 2.56 bits per heavy atom. The largest absolute Gasteiger partial charge is 0.488 e. The third kappa shape index (κ3) is 4.02. The Morgan fingerprint density at radius 2 is 2.06 bits per heavy atom. The number of carbonyl (C=O) groups is 1. The van der Waals surface area contributed by atoms with Crippen LogP contribution in [0.15, 0.2) is 18.2 Å². The molecule has 0 heterocycles. The molecule has 0 spiro atoms. The van der Waals surface area contributed by atoms with Crippen LogP contribution in [0.25, 0.3) is 0 Å². The van der Waals surface area contributed by atoms with Crippen LogP contribution in [-0.2, 0) is 0 Å². The number of benzene rings is 1. The number of carbonyl (C=O) groups excluding carboxylic acids is 1. The van der Waals surface area contributed by atoms with Gasteiger partial charge in [-0.05, 0) is 45.4 Å². The van der Waals surface area contributed by atoms with E-state index in [0.29, 0.717) is 5.56 Å². The standard InChI is InChI=1S/C14H20FNO2/c1-5-10(4)16-14(17)11-6-7-13(12(15)8-11)18-9(2)3/h6-10H,5H2,1-4H3,(H,16,17). The van der Waals surface area contributed by atoms with Crippen LogP contribution < -0.4 is 10.1 Å². The fraction of sp³-hybridized carbons (Fsp3) is 0.500. The monoisotopic (exact) mass is 253 g/mol. The van der Waals surface area contributed by atoms with Gasteiger partial charge in [-0.15, -0.1) is 0 Å². The van der Waals surface area contributed by atoms with Crippen molar-refractivity contribution >= 4 is 5.91 Å². The van der Waals surface area contributed by atoms with Crippen LogP contribution in [0.4, 0.5) is 4.39 Å².